The first-order chi connectivity index (χ1) is 4.47. The van der Waals surface area contributed by atoms with E-state index in [1.165, 1.54) is 4.70 Å². The number of nitrogens with zero attached hydrogens (tertiary/aromatic N) is 1. The minimum Gasteiger partial charge on any atom is -0.269 e. The summed E-state index contributed by atoms with van der Waals surface area (Å²) >= 11 is 1.68. The summed E-state index contributed by atoms with van der Waals surface area (Å²) in [5, 5.41) is 0. The lowest BCUT2D eigenvalue weighted by atomic mass is 10.3. The second kappa shape index (κ2) is 2.75. The topological polar surface area (TPSA) is 12.9 Å². The van der Waals surface area contributed by atoms with Crippen LogP contribution in [0.4, 0.5) is 4.70 Å². The lowest BCUT2D eigenvalue weighted by molar-refractivity contribution is 1.11. The third-order valence-electron chi connectivity index (χ3n) is 1.24. The van der Waals surface area contributed by atoms with E-state index >= 15 is 0 Å². The molecular weight excluding hydrogens is 149 g/mol. The number of para-hydroxylation sites is 1. The molecule has 2 rings (SSSR count). The number of fused-ring (bicyclic) bond motifs is 1. The number of aromatic nitrogens is 1. The zero-order valence-corrected chi connectivity index (χ0v) is 5.97. The zero-order valence-electron chi connectivity index (χ0n) is 5.15. The van der Waals surface area contributed by atoms with Gasteiger partial charge in [-0.2, -0.15) is 0 Å². The maximum atomic E-state index is 4.14. The molecule has 1 aromatic carbocycles. The second-order valence-electron chi connectivity index (χ2n) is 1.82. The maximum Gasteiger partial charge on any atom is 0.0812 e. The van der Waals surface area contributed by atoms with Crippen LogP contribution in [0.15, 0.2) is 29.8 Å². The highest BCUT2D eigenvalue weighted by molar-refractivity contribution is 7.16. The minimum absolute atomic E-state index is 0. The predicted octanol–water partition coefficient (Wildman–Crippen LogP) is 2.45. The molecule has 0 saturated carbocycles. The van der Waals surface area contributed by atoms with E-state index < -0.39 is 0 Å². The monoisotopic (exact) mass is 155 g/mol. The fourth-order valence-electron chi connectivity index (χ4n) is 0.803. The number of thiazole rings is 1. The zero-order chi connectivity index (χ0) is 6.10. The molecule has 0 fully saturated rings. The smallest absolute Gasteiger partial charge is 0.0812 e. The maximum absolute atomic E-state index is 4.14. The fourth-order valence-corrected chi connectivity index (χ4v) is 1.48. The lowest BCUT2D eigenvalue weighted by Crippen LogP contribution is -1.61. The van der Waals surface area contributed by atoms with E-state index in [1.807, 2.05) is 23.7 Å². The van der Waals surface area contributed by atoms with E-state index in [0.29, 0.717) is 0 Å². The summed E-state index contributed by atoms with van der Waals surface area (Å²) in [6, 6.07) is 8.13. The van der Waals surface area contributed by atoms with Crippen molar-refractivity contribution in [2.45, 2.75) is 0 Å². The molecule has 0 aliphatic rings. The average Bonchev–Trinajstić information content (AvgIpc) is 2.33. The lowest BCUT2D eigenvalue weighted by Gasteiger charge is -1.80. The van der Waals surface area contributed by atoms with Crippen molar-refractivity contribution in [2.24, 2.45) is 0 Å². The van der Waals surface area contributed by atoms with Crippen LogP contribution in [0, 0.1) is 0 Å². The molecule has 0 atom stereocenters. The Bertz CT molecular complexity index is 288. The summed E-state index contributed by atoms with van der Waals surface area (Å²) in [5.41, 5.74) is 2.97. The van der Waals surface area contributed by atoms with Crippen molar-refractivity contribution in [2.75, 3.05) is 0 Å². The van der Waals surface area contributed by atoms with Crippen LogP contribution in [-0.2, 0) is 0 Å². The van der Waals surface area contributed by atoms with Crippen molar-refractivity contribution >= 4 is 21.6 Å². The van der Waals surface area contributed by atoms with Gasteiger partial charge in [-0.3, -0.25) is 4.70 Å². The molecule has 0 amide bonds. The third-order valence-corrected chi connectivity index (χ3v) is 2.05. The highest BCUT2D eigenvalue weighted by Gasteiger charge is 1.89. The van der Waals surface area contributed by atoms with Crippen LogP contribution in [0.25, 0.3) is 10.2 Å². The molecule has 0 aliphatic carbocycles. The minimum atomic E-state index is 0. The third kappa shape index (κ3) is 0.998. The quantitative estimate of drug-likeness (QED) is 0.569. The van der Waals surface area contributed by atoms with E-state index in [1.54, 1.807) is 11.3 Å². The van der Waals surface area contributed by atoms with Gasteiger partial charge in [-0.1, -0.05) is 12.1 Å². The van der Waals surface area contributed by atoms with Crippen LogP contribution >= 0.6 is 11.3 Å². The molecule has 0 N–H and O–H groups in total. The van der Waals surface area contributed by atoms with Gasteiger partial charge in [0.15, 0.2) is 0 Å². The van der Waals surface area contributed by atoms with Crippen LogP contribution in [0.3, 0.4) is 0 Å². The average molecular weight is 155 g/mol. The summed E-state index contributed by atoms with van der Waals surface area (Å²) in [4.78, 5) is 4.14. The van der Waals surface area contributed by atoms with Crippen LogP contribution in [0.1, 0.15) is 0 Å². The van der Waals surface area contributed by atoms with E-state index in [4.69, 9.17) is 0 Å². The first-order valence-corrected chi connectivity index (χ1v) is 3.63. The van der Waals surface area contributed by atoms with Crippen LogP contribution < -0.4 is 0 Å². The molecular formula is C7H6FNS. The molecule has 10 heavy (non-hydrogen) atoms. The van der Waals surface area contributed by atoms with Gasteiger partial charge in [-0.05, 0) is 12.1 Å². The van der Waals surface area contributed by atoms with Crippen molar-refractivity contribution in [3.05, 3.63) is 29.8 Å². The van der Waals surface area contributed by atoms with Gasteiger partial charge in [-0.25, -0.2) is 4.98 Å². The van der Waals surface area contributed by atoms with Crippen LogP contribution in [-0.4, -0.2) is 4.98 Å². The fraction of sp³-hybridized carbons (Fsp3) is 0. The second-order valence-corrected chi connectivity index (χ2v) is 2.71. The van der Waals surface area contributed by atoms with E-state index in [0.717, 1.165) is 5.52 Å². The molecule has 2 aromatic rings. The molecule has 1 nitrogen and oxygen atoms in total. The number of hydrogen-bond donors (Lipinski definition) is 0. The largest absolute Gasteiger partial charge is 0.269 e. The Morgan fingerprint density at radius 3 is 2.80 bits per heavy atom. The van der Waals surface area contributed by atoms with Gasteiger partial charge >= 0.3 is 0 Å². The molecule has 52 valence electrons. The van der Waals surface area contributed by atoms with Gasteiger partial charge in [0, 0.05) is 0 Å². The van der Waals surface area contributed by atoms with Crippen LogP contribution in [0.2, 0.25) is 0 Å². The summed E-state index contributed by atoms with van der Waals surface area (Å²) in [5.74, 6) is 0. The Balaban J connectivity index is 0.000000500. The van der Waals surface area contributed by atoms with Gasteiger partial charge in [0.2, 0.25) is 0 Å². The van der Waals surface area contributed by atoms with Crippen molar-refractivity contribution in [1.82, 2.24) is 4.98 Å². The molecule has 0 saturated heterocycles. The molecule has 1 aromatic heterocycles. The summed E-state index contributed by atoms with van der Waals surface area (Å²) in [6.07, 6.45) is 0. The number of halogens is 1. The van der Waals surface area contributed by atoms with Gasteiger partial charge in [-0.15, -0.1) is 11.3 Å². The molecule has 0 spiro atoms. The van der Waals surface area contributed by atoms with Crippen molar-refractivity contribution in [3.63, 3.8) is 0 Å². The van der Waals surface area contributed by atoms with E-state index in [9.17, 15) is 0 Å². The standard InChI is InChI=1S/C7H5NS.FH/c1-2-4-7-6(3-1)8-5-9-7;/h1-5H;1H. The normalized spacial score (nSPS) is 9.20. The number of benzene rings is 1. The van der Waals surface area contributed by atoms with Gasteiger partial charge in [0.25, 0.3) is 0 Å². The Kier molecular flexibility index (Phi) is 1.97. The Morgan fingerprint density at radius 1 is 1.20 bits per heavy atom. The molecule has 3 heteroatoms. The molecule has 1 heterocycles. The SMILES string of the molecule is F.c1ccc2scnc2c1. The van der Waals surface area contributed by atoms with Crippen molar-refractivity contribution in [1.29, 1.82) is 0 Å². The Morgan fingerprint density at radius 2 is 2.00 bits per heavy atom. The van der Waals surface area contributed by atoms with E-state index in [-0.39, 0.29) is 4.70 Å². The number of hydrogen-bond acceptors (Lipinski definition) is 2. The first-order valence-electron chi connectivity index (χ1n) is 2.75. The molecule has 0 aliphatic heterocycles. The summed E-state index contributed by atoms with van der Waals surface area (Å²) < 4.78 is 1.26. The van der Waals surface area contributed by atoms with Gasteiger partial charge in [0.05, 0.1) is 15.7 Å². The van der Waals surface area contributed by atoms with Crippen LogP contribution in [0.5, 0.6) is 0 Å². The summed E-state index contributed by atoms with van der Waals surface area (Å²) in [7, 11) is 0. The predicted molar refractivity (Wildman–Crippen MR) is 42.1 cm³/mol. The number of rotatable bonds is 0. The highest BCUT2D eigenvalue weighted by atomic mass is 32.1. The Hall–Kier alpha value is -0.960. The highest BCUT2D eigenvalue weighted by Crippen LogP contribution is 2.15. The molecule has 0 unspecified atom stereocenters. The Labute approximate surface area is 61.7 Å². The van der Waals surface area contributed by atoms with E-state index in [2.05, 4.69) is 11.1 Å². The summed E-state index contributed by atoms with van der Waals surface area (Å²) in [6.45, 7) is 0. The van der Waals surface area contributed by atoms with Crippen molar-refractivity contribution in [3.8, 4) is 0 Å². The van der Waals surface area contributed by atoms with Crippen molar-refractivity contribution < 1.29 is 4.70 Å². The first kappa shape index (κ1) is 7.15. The molecule has 0 radical (unpaired) electrons. The van der Waals surface area contributed by atoms with Gasteiger partial charge in [0.1, 0.15) is 0 Å². The van der Waals surface area contributed by atoms with Gasteiger partial charge < -0.3 is 0 Å². The molecule has 0 bridgehead atoms.